The quantitative estimate of drug-likeness (QED) is 0.644. The number of carbonyl (C=O) groups excluding carboxylic acids is 1. The van der Waals surface area contributed by atoms with Crippen LogP contribution in [0.1, 0.15) is 39.5 Å². The highest BCUT2D eigenvalue weighted by Gasteiger charge is 2.10. The second-order valence-electron chi connectivity index (χ2n) is 4.77. The van der Waals surface area contributed by atoms with E-state index in [9.17, 15) is 4.79 Å². The number of amides is 1. The Balaban J connectivity index is 0.00000324. The van der Waals surface area contributed by atoms with Gasteiger partial charge in [-0.15, -0.1) is 17.0 Å². The highest BCUT2D eigenvalue weighted by molar-refractivity contribution is 8.93. The van der Waals surface area contributed by atoms with Crippen molar-refractivity contribution < 1.29 is 4.79 Å². The number of hydrogen-bond acceptors (Lipinski definition) is 4. The second-order valence-corrected chi connectivity index (χ2v) is 4.77. The van der Waals surface area contributed by atoms with Gasteiger partial charge in [-0.3, -0.25) is 9.79 Å². The predicted molar refractivity (Wildman–Crippen MR) is 84.9 cm³/mol. The Morgan fingerprint density at radius 3 is 2.95 bits per heavy atom. The van der Waals surface area contributed by atoms with E-state index in [2.05, 4.69) is 27.9 Å². The molecule has 0 fully saturated rings. The van der Waals surface area contributed by atoms with Gasteiger partial charge in [0.25, 0.3) is 0 Å². The maximum atomic E-state index is 11.7. The van der Waals surface area contributed by atoms with Crippen LogP contribution in [0.15, 0.2) is 4.99 Å². The molecule has 0 aromatic rings. The maximum absolute atomic E-state index is 11.7. The first-order valence-electron chi connectivity index (χ1n) is 7.04. The van der Waals surface area contributed by atoms with Gasteiger partial charge in [0.1, 0.15) is 0 Å². The highest BCUT2D eigenvalue weighted by atomic mass is 79.9. The Morgan fingerprint density at radius 1 is 1.42 bits per heavy atom. The lowest BCUT2D eigenvalue weighted by atomic mass is 10.1. The fourth-order valence-corrected chi connectivity index (χ4v) is 1.91. The molecule has 1 amide bonds. The van der Waals surface area contributed by atoms with E-state index in [-0.39, 0.29) is 28.8 Å². The number of guanidine groups is 1. The molecule has 1 heterocycles. The van der Waals surface area contributed by atoms with Gasteiger partial charge < -0.3 is 16.0 Å². The Labute approximate surface area is 126 Å². The number of aliphatic imine (C=N–C) groups is 1. The van der Waals surface area contributed by atoms with Crippen molar-refractivity contribution >= 4 is 28.8 Å². The van der Waals surface area contributed by atoms with E-state index in [1.807, 2.05) is 6.92 Å². The summed E-state index contributed by atoms with van der Waals surface area (Å²) in [5, 5.41) is 9.39. The van der Waals surface area contributed by atoms with Gasteiger partial charge in [0, 0.05) is 32.1 Å². The normalized spacial score (nSPS) is 16.2. The van der Waals surface area contributed by atoms with Crippen LogP contribution in [0.3, 0.4) is 0 Å². The molecule has 0 spiro atoms. The molecule has 0 saturated carbocycles. The first kappa shape index (κ1) is 18.2. The van der Waals surface area contributed by atoms with Crippen LogP contribution >= 0.6 is 17.0 Å². The maximum Gasteiger partial charge on any atom is 0.222 e. The first-order chi connectivity index (χ1) is 8.74. The molecule has 6 heteroatoms. The molecule has 0 bridgehead atoms. The number of carbonyl (C=O) groups is 1. The summed E-state index contributed by atoms with van der Waals surface area (Å²) in [6, 6.07) is 0. The molecule has 19 heavy (non-hydrogen) atoms. The summed E-state index contributed by atoms with van der Waals surface area (Å²) in [5.74, 6) is 1.13. The summed E-state index contributed by atoms with van der Waals surface area (Å²) in [7, 11) is 0. The third-order valence-electron chi connectivity index (χ3n) is 3.03. The van der Waals surface area contributed by atoms with Gasteiger partial charge in [-0.25, -0.2) is 0 Å². The van der Waals surface area contributed by atoms with Crippen molar-refractivity contribution in [2.45, 2.75) is 39.5 Å². The molecule has 5 nitrogen and oxygen atoms in total. The number of nitrogens with one attached hydrogen (secondary N) is 3. The van der Waals surface area contributed by atoms with Crippen molar-refractivity contribution in [3.63, 3.8) is 0 Å². The largest absolute Gasteiger partial charge is 0.356 e. The first-order valence-corrected chi connectivity index (χ1v) is 7.04. The van der Waals surface area contributed by atoms with E-state index in [1.165, 1.54) is 6.42 Å². The summed E-state index contributed by atoms with van der Waals surface area (Å²) < 4.78 is 0. The smallest absolute Gasteiger partial charge is 0.222 e. The lowest BCUT2D eigenvalue weighted by Crippen LogP contribution is -2.42. The van der Waals surface area contributed by atoms with E-state index in [0.717, 1.165) is 44.9 Å². The Hall–Kier alpha value is -0.780. The molecule has 0 aliphatic carbocycles. The van der Waals surface area contributed by atoms with Crippen LogP contribution in [0.4, 0.5) is 0 Å². The molecule has 3 N–H and O–H groups in total. The molecule has 1 aliphatic heterocycles. The standard InChI is InChI=1S/C13H26N4O.BrH/c1-3-6-11(2)12(18)14-9-10-17-13-15-7-4-5-8-16-13;/h11H,3-10H2,1-2H3,(H,14,18)(H2,15,16,17);1H. The highest BCUT2D eigenvalue weighted by Crippen LogP contribution is 2.03. The van der Waals surface area contributed by atoms with Crippen molar-refractivity contribution in [2.75, 3.05) is 26.2 Å². The third kappa shape index (κ3) is 8.08. The molecular weight excluding hydrogens is 308 g/mol. The van der Waals surface area contributed by atoms with Crippen molar-refractivity contribution in [3.8, 4) is 0 Å². The molecule has 112 valence electrons. The number of rotatable bonds is 6. The zero-order valence-corrected chi connectivity index (χ0v) is 13.7. The lowest BCUT2D eigenvalue weighted by molar-refractivity contribution is -0.124. The molecular formula is C13H27BrN4O. The molecule has 1 aliphatic rings. The van der Waals surface area contributed by atoms with E-state index in [0.29, 0.717) is 6.54 Å². The molecule has 0 aromatic heterocycles. The predicted octanol–water partition coefficient (Wildman–Crippen LogP) is 1.45. The average molecular weight is 335 g/mol. The van der Waals surface area contributed by atoms with Gasteiger partial charge in [-0.1, -0.05) is 20.3 Å². The summed E-state index contributed by atoms with van der Waals surface area (Å²) >= 11 is 0. The van der Waals surface area contributed by atoms with Gasteiger partial charge in [0.2, 0.25) is 5.91 Å². The molecule has 1 unspecified atom stereocenters. The van der Waals surface area contributed by atoms with Gasteiger partial charge >= 0.3 is 0 Å². The van der Waals surface area contributed by atoms with Crippen LogP contribution in [-0.4, -0.2) is 38.0 Å². The summed E-state index contributed by atoms with van der Waals surface area (Å²) in [6.07, 6.45) is 4.31. The number of nitrogens with zero attached hydrogens (tertiary/aromatic N) is 1. The van der Waals surface area contributed by atoms with Crippen LogP contribution in [0, 0.1) is 5.92 Å². The van der Waals surface area contributed by atoms with E-state index in [1.54, 1.807) is 0 Å². The van der Waals surface area contributed by atoms with Crippen LogP contribution in [0.5, 0.6) is 0 Å². The van der Waals surface area contributed by atoms with Crippen molar-refractivity contribution in [1.29, 1.82) is 0 Å². The number of hydrogen-bond donors (Lipinski definition) is 3. The van der Waals surface area contributed by atoms with Gasteiger partial charge in [0.05, 0.1) is 0 Å². The van der Waals surface area contributed by atoms with E-state index < -0.39 is 0 Å². The van der Waals surface area contributed by atoms with Gasteiger partial charge in [0.15, 0.2) is 5.96 Å². The lowest BCUT2D eigenvalue weighted by Gasteiger charge is -2.13. The monoisotopic (exact) mass is 334 g/mol. The van der Waals surface area contributed by atoms with Crippen LogP contribution in [0.2, 0.25) is 0 Å². The van der Waals surface area contributed by atoms with Crippen molar-refractivity contribution in [2.24, 2.45) is 10.9 Å². The van der Waals surface area contributed by atoms with Gasteiger partial charge in [-0.2, -0.15) is 0 Å². The molecule has 0 saturated heterocycles. The zero-order chi connectivity index (χ0) is 13.2. The molecule has 1 rings (SSSR count). The molecule has 1 atom stereocenters. The van der Waals surface area contributed by atoms with Crippen LogP contribution < -0.4 is 16.0 Å². The molecule has 0 radical (unpaired) electrons. The topological polar surface area (TPSA) is 65.5 Å². The van der Waals surface area contributed by atoms with Crippen LogP contribution in [-0.2, 0) is 4.79 Å². The van der Waals surface area contributed by atoms with Gasteiger partial charge in [-0.05, 0) is 19.3 Å². The molecule has 0 aromatic carbocycles. The summed E-state index contributed by atoms with van der Waals surface area (Å²) in [4.78, 5) is 16.0. The fraction of sp³-hybridized carbons (Fsp3) is 0.846. The minimum Gasteiger partial charge on any atom is -0.356 e. The Morgan fingerprint density at radius 2 is 2.21 bits per heavy atom. The van der Waals surface area contributed by atoms with E-state index >= 15 is 0 Å². The number of halogens is 1. The van der Waals surface area contributed by atoms with E-state index in [4.69, 9.17) is 0 Å². The summed E-state index contributed by atoms with van der Waals surface area (Å²) in [6.45, 7) is 7.30. The Kier molecular flexibility index (Phi) is 10.6. The fourth-order valence-electron chi connectivity index (χ4n) is 1.91. The third-order valence-corrected chi connectivity index (χ3v) is 3.03. The SMILES string of the molecule is Br.CCCC(C)C(=O)NCCNC1=NCCCCN1. The van der Waals surface area contributed by atoms with Crippen LogP contribution in [0.25, 0.3) is 0 Å². The summed E-state index contributed by atoms with van der Waals surface area (Å²) in [5.41, 5.74) is 0. The minimum absolute atomic E-state index is 0. The second kappa shape index (κ2) is 11.1. The van der Waals surface area contributed by atoms with Crippen molar-refractivity contribution in [3.05, 3.63) is 0 Å². The zero-order valence-electron chi connectivity index (χ0n) is 12.0. The average Bonchev–Trinajstić information content (AvgIpc) is 2.63. The minimum atomic E-state index is 0. The van der Waals surface area contributed by atoms with Crippen molar-refractivity contribution in [1.82, 2.24) is 16.0 Å². The Bertz CT molecular complexity index is 284.